The summed E-state index contributed by atoms with van der Waals surface area (Å²) in [6, 6.07) is 0. The third-order valence-corrected chi connectivity index (χ3v) is 5.25. The van der Waals surface area contributed by atoms with Crippen molar-refractivity contribution in [1.82, 2.24) is 15.1 Å². The van der Waals surface area contributed by atoms with Crippen LogP contribution in [0.4, 0.5) is 0 Å². The normalized spacial score (nSPS) is 26.5. The number of carbonyl (C=O) groups is 1. The fraction of sp³-hybridized carbons (Fsp3) is 0.933. The third kappa shape index (κ3) is 3.29. The number of piperazine rings is 1. The van der Waals surface area contributed by atoms with Gasteiger partial charge in [0.2, 0.25) is 5.91 Å². The molecule has 3 fully saturated rings. The molecular weight excluding hydrogens is 274 g/mol. The van der Waals surface area contributed by atoms with Crippen molar-refractivity contribution in [3.8, 4) is 0 Å². The lowest BCUT2D eigenvalue weighted by atomic mass is 9.79. The fourth-order valence-corrected chi connectivity index (χ4v) is 4.06. The van der Waals surface area contributed by atoms with Gasteiger partial charge in [-0.3, -0.25) is 9.69 Å². The number of halogens is 1. The standard InChI is InChI=1S/C15H27N3O.ClH/c19-14(17-9-4-5-10-17)12-18-11-8-16-13-15(18)6-2-1-3-7-15;/h16H,1-13H2;1H. The van der Waals surface area contributed by atoms with Gasteiger partial charge in [0.15, 0.2) is 0 Å². The Labute approximate surface area is 128 Å². The van der Waals surface area contributed by atoms with Crippen LogP contribution in [0.2, 0.25) is 0 Å². The number of hydrogen-bond acceptors (Lipinski definition) is 3. The van der Waals surface area contributed by atoms with Crippen molar-refractivity contribution in [3.63, 3.8) is 0 Å². The molecule has 1 aliphatic carbocycles. The highest BCUT2D eigenvalue weighted by Gasteiger charge is 2.40. The number of hydrogen-bond donors (Lipinski definition) is 1. The van der Waals surface area contributed by atoms with E-state index in [1.165, 1.54) is 44.9 Å². The average Bonchev–Trinajstić information content (AvgIpc) is 2.97. The van der Waals surface area contributed by atoms with Gasteiger partial charge in [-0.15, -0.1) is 12.4 Å². The Kier molecular flexibility index (Phi) is 5.70. The summed E-state index contributed by atoms with van der Waals surface area (Å²) in [5, 5.41) is 3.55. The maximum absolute atomic E-state index is 12.4. The molecule has 0 unspecified atom stereocenters. The highest BCUT2D eigenvalue weighted by Crippen LogP contribution is 2.34. The Hall–Kier alpha value is -0.320. The van der Waals surface area contributed by atoms with E-state index >= 15 is 0 Å². The first-order valence-electron chi connectivity index (χ1n) is 8.04. The minimum Gasteiger partial charge on any atom is -0.342 e. The largest absolute Gasteiger partial charge is 0.342 e. The highest BCUT2D eigenvalue weighted by molar-refractivity contribution is 5.85. The number of rotatable bonds is 2. The summed E-state index contributed by atoms with van der Waals surface area (Å²) in [5.41, 5.74) is 0.284. The number of amides is 1. The van der Waals surface area contributed by atoms with Crippen molar-refractivity contribution in [2.75, 3.05) is 39.3 Å². The Balaban J connectivity index is 0.00000147. The maximum atomic E-state index is 12.4. The van der Waals surface area contributed by atoms with Crippen LogP contribution in [0.5, 0.6) is 0 Å². The molecular formula is C15H28ClN3O. The van der Waals surface area contributed by atoms with E-state index in [1.807, 2.05) is 0 Å². The molecule has 0 aromatic rings. The van der Waals surface area contributed by atoms with Gasteiger partial charge in [0, 0.05) is 38.3 Å². The molecule has 1 amide bonds. The highest BCUT2D eigenvalue weighted by atomic mass is 35.5. The number of likely N-dealkylation sites (tertiary alicyclic amines) is 1. The zero-order valence-corrected chi connectivity index (χ0v) is 13.2. The van der Waals surface area contributed by atoms with E-state index in [0.29, 0.717) is 12.5 Å². The molecule has 0 aromatic carbocycles. The minimum absolute atomic E-state index is 0. The van der Waals surface area contributed by atoms with Crippen molar-refractivity contribution >= 4 is 18.3 Å². The van der Waals surface area contributed by atoms with E-state index < -0.39 is 0 Å². The summed E-state index contributed by atoms with van der Waals surface area (Å²) >= 11 is 0. The third-order valence-electron chi connectivity index (χ3n) is 5.25. The predicted octanol–water partition coefficient (Wildman–Crippen LogP) is 1.64. The Morgan fingerprint density at radius 2 is 1.70 bits per heavy atom. The smallest absolute Gasteiger partial charge is 0.236 e. The second-order valence-corrected chi connectivity index (χ2v) is 6.47. The molecule has 3 aliphatic rings. The summed E-state index contributed by atoms with van der Waals surface area (Å²) < 4.78 is 0. The average molecular weight is 302 g/mol. The zero-order valence-electron chi connectivity index (χ0n) is 12.4. The van der Waals surface area contributed by atoms with Gasteiger partial charge in [-0.25, -0.2) is 0 Å². The van der Waals surface area contributed by atoms with Crippen LogP contribution in [0.25, 0.3) is 0 Å². The van der Waals surface area contributed by atoms with E-state index in [9.17, 15) is 4.79 Å². The summed E-state index contributed by atoms with van der Waals surface area (Å²) in [5.74, 6) is 0.365. The van der Waals surface area contributed by atoms with Gasteiger partial charge in [-0.1, -0.05) is 19.3 Å². The molecule has 116 valence electrons. The van der Waals surface area contributed by atoms with E-state index in [-0.39, 0.29) is 17.9 Å². The minimum atomic E-state index is 0. The molecule has 1 saturated carbocycles. The quantitative estimate of drug-likeness (QED) is 0.842. The lowest BCUT2D eigenvalue weighted by molar-refractivity contribution is -0.134. The Bertz CT molecular complexity index is 317. The van der Waals surface area contributed by atoms with Gasteiger partial charge in [0.1, 0.15) is 0 Å². The van der Waals surface area contributed by atoms with E-state index in [0.717, 1.165) is 32.7 Å². The van der Waals surface area contributed by atoms with E-state index in [4.69, 9.17) is 0 Å². The molecule has 1 spiro atoms. The maximum Gasteiger partial charge on any atom is 0.236 e. The van der Waals surface area contributed by atoms with E-state index in [2.05, 4.69) is 15.1 Å². The van der Waals surface area contributed by atoms with Gasteiger partial charge in [-0.05, 0) is 25.7 Å². The van der Waals surface area contributed by atoms with Crippen LogP contribution in [0.3, 0.4) is 0 Å². The molecule has 2 aliphatic heterocycles. The van der Waals surface area contributed by atoms with Crippen molar-refractivity contribution in [1.29, 1.82) is 0 Å². The fourth-order valence-electron chi connectivity index (χ4n) is 4.06. The van der Waals surface area contributed by atoms with Gasteiger partial charge in [0.25, 0.3) is 0 Å². The summed E-state index contributed by atoms with van der Waals surface area (Å²) in [6.07, 6.45) is 8.96. The van der Waals surface area contributed by atoms with Gasteiger partial charge in [-0.2, -0.15) is 0 Å². The summed E-state index contributed by atoms with van der Waals surface area (Å²) in [4.78, 5) is 17.0. The number of carbonyl (C=O) groups excluding carboxylic acids is 1. The topological polar surface area (TPSA) is 35.6 Å². The SMILES string of the molecule is Cl.O=C(CN1CCNCC12CCCCC2)N1CCCC1. The molecule has 0 aromatic heterocycles. The van der Waals surface area contributed by atoms with Crippen molar-refractivity contribution in [3.05, 3.63) is 0 Å². The molecule has 0 radical (unpaired) electrons. The van der Waals surface area contributed by atoms with Crippen LogP contribution >= 0.6 is 12.4 Å². The van der Waals surface area contributed by atoms with Crippen molar-refractivity contribution in [2.24, 2.45) is 0 Å². The molecule has 3 rings (SSSR count). The summed E-state index contributed by atoms with van der Waals surface area (Å²) in [6.45, 7) is 5.78. The molecule has 0 bridgehead atoms. The van der Waals surface area contributed by atoms with Crippen molar-refractivity contribution < 1.29 is 4.79 Å². The van der Waals surface area contributed by atoms with E-state index in [1.54, 1.807) is 0 Å². The summed E-state index contributed by atoms with van der Waals surface area (Å²) in [7, 11) is 0. The van der Waals surface area contributed by atoms with Gasteiger partial charge >= 0.3 is 0 Å². The van der Waals surface area contributed by atoms with Gasteiger partial charge < -0.3 is 10.2 Å². The first-order chi connectivity index (χ1) is 9.30. The molecule has 0 atom stereocenters. The van der Waals surface area contributed by atoms with Crippen LogP contribution < -0.4 is 5.32 Å². The molecule has 2 heterocycles. The molecule has 1 N–H and O–H groups in total. The Morgan fingerprint density at radius 1 is 1.00 bits per heavy atom. The molecule has 4 nitrogen and oxygen atoms in total. The molecule has 2 saturated heterocycles. The van der Waals surface area contributed by atoms with Gasteiger partial charge in [0.05, 0.1) is 6.54 Å². The van der Waals surface area contributed by atoms with Crippen LogP contribution in [0.15, 0.2) is 0 Å². The monoisotopic (exact) mass is 301 g/mol. The lowest BCUT2D eigenvalue weighted by Gasteiger charge is -2.49. The van der Waals surface area contributed by atoms with Crippen LogP contribution in [0, 0.1) is 0 Å². The van der Waals surface area contributed by atoms with Crippen molar-refractivity contribution in [2.45, 2.75) is 50.5 Å². The first kappa shape index (κ1) is 16.1. The Morgan fingerprint density at radius 3 is 2.40 bits per heavy atom. The molecule has 5 heteroatoms. The van der Waals surface area contributed by atoms with Crippen LogP contribution in [-0.2, 0) is 4.79 Å². The number of nitrogens with zero attached hydrogens (tertiary/aromatic N) is 2. The second-order valence-electron chi connectivity index (χ2n) is 6.47. The van der Waals surface area contributed by atoms with Crippen LogP contribution in [-0.4, -0.2) is 60.5 Å². The number of nitrogens with one attached hydrogen (secondary N) is 1. The molecule has 20 heavy (non-hydrogen) atoms. The predicted molar refractivity (Wildman–Crippen MR) is 83.3 cm³/mol. The zero-order chi connectivity index (χ0) is 13.1. The lowest BCUT2D eigenvalue weighted by Crippen LogP contribution is -2.63. The second kappa shape index (κ2) is 7.10. The first-order valence-corrected chi connectivity index (χ1v) is 8.04. The van der Waals surface area contributed by atoms with Crippen LogP contribution in [0.1, 0.15) is 44.9 Å².